The highest BCUT2D eigenvalue weighted by atomic mass is 16.5. The molecule has 0 aliphatic carbocycles. The van der Waals surface area contributed by atoms with Crippen LogP contribution in [-0.4, -0.2) is 49.6 Å². The smallest absolute Gasteiger partial charge is 0.343 e. The van der Waals surface area contributed by atoms with E-state index in [9.17, 15) is 9.59 Å². The maximum Gasteiger partial charge on any atom is 0.343 e. The van der Waals surface area contributed by atoms with Crippen molar-refractivity contribution in [1.82, 2.24) is 9.55 Å². The molecule has 0 saturated carbocycles. The molecule has 8 heteroatoms. The third-order valence-corrected chi connectivity index (χ3v) is 6.11. The topological polar surface area (TPSA) is 88.9 Å². The Labute approximate surface area is 188 Å². The van der Waals surface area contributed by atoms with Gasteiger partial charge in [-0.3, -0.25) is 4.79 Å². The second-order valence-electron chi connectivity index (χ2n) is 7.83. The monoisotopic (exact) mass is 444 g/mol. The molecule has 0 bridgehead atoms. The van der Waals surface area contributed by atoms with E-state index in [2.05, 4.69) is 13.8 Å². The van der Waals surface area contributed by atoms with E-state index in [-0.39, 0.29) is 23.1 Å². The highest BCUT2D eigenvalue weighted by Gasteiger charge is 2.37. The molecule has 3 heterocycles. The molecule has 3 rings (SSSR count). The van der Waals surface area contributed by atoms with Crippen molar-refractivity contribution in [1.29, 1.82) is 0 Å². The highest BCUT2D eigenvalue weighted by Crippen LogP contribution is 2.43. The van der Waals surface area contributed by atoms with Gasteiger partial charge < -0.3 is 23.5 Å². The molecule has 0 saturated heterocycles. The van der Waals surface area contributed by atoms with Gasteiger partial charge in [-0.25, -0.2) is 9.78 Å². The fraction of sp³-hybridized carbons (Fsp3) is 0.542. The van der Waals surface area contributed by atoms with Gasteiger partial charge >= 0.3 is 5.97 Å². The summed E-state index contributed by atoms with van der Waals surface area (Å²) in [5, 5.41) is 0. The normalized spacial score (nSPS) is 13.8. The molecule has 0 amide bonds. The summed E-state index contributed by atoms with van der Waals surface area (Å²) in [5.74, 6) is 0.322. The molecule has 0 unspecified atom stereocenters. The van der Waals surface area contributed by atoms with Gasteiger partial charge in [-0.05, 0) is 37.8 Å². The third kappa shape index (κ3) is 4.37. The van der Waals surface area contributed by atoms with Crippen LogP contribution in [0.15, 0.2) is 23.1 Å². The van der Waals surface area contributed by atoms with Crippen molar-refractivity contribution in [3.63, 3.8) is 0 Å². The minimum absolute atomic E-state index is 0.0374. The van der Waals surface area contributed by atoms with Gasteiger partial charge in [0, 0.05) is 37.9 Å². The Hall–Kier alpha value is -2.87. The second kappa shape index (κ2) is 10.2. The number of ether oxygens (including phenoxy) is 4. The van der Waals surface area contributed by atoms with Gasteiger partial charge in [0.2, 0.25) is 0 Å². The molecule has 2 aromatic heterocycles. The number of fused-ring (bicyclic) bond motifs is 3. The molecule has 2 aromatic rings. The van der Waals surface area contributed by atoms with Gasteiger partial charge in [0.1, 0.15) is 5.56 Å². The van der Waals surface area contributed by atoms with E-state index < -0.39 is 5.97 Å². The molecule has 8 nitrogen and oxygen atoms in total. The van der Waals surface area contributed by atoms with Crippen LogP contribution in [0.3, 0.4) is 0 Å². The Bertz CT molecular complexity index is 1030. The number of hydrogen-bond donors (Lipinski definition) is 0. The Kier molecular flexibility index (Phi) is 7.56. The molecule has 0 aromatic carbocycles. The molecule has 0 N–H and O–H groups in total. The Morgan fingerprint density at radius 1 is 1.16 bits per heavy atom. The second-order valence-corrected chi connectivity index (χ2v) is 7.83. The van der Waals surface area contributed by atoms with Crippen molar-refractivity contribution in [2.75, 3.05) is 34.0 Å². The van der Waals surface area contributed by atoms with E-state index in [4.69, 9.17) is 23.9 Å². The summed E-state index contributed by atoms with van der Waals surface area (Å²) in [6.45, 7) is 7.24. The predicted molar refractivity (Wildman–Crippen MR) is 121 cm³/mol. The standard InChI is InChI=1S/C24H32N2O6/c1-6-24(7-2)14-16-12-20(32-11-9-10-29-4)22(30-5)25-21(16)18-13-19(27)17(15-26(18)24)23(28)31-8-3/h12-13,15H,6-11,14H2,1-5H3. The number of methoxy groups -OCH3 is 2. The maximum atomic E-state index is 12.8. The average molecular weight is 445 g/mol. The third-order valence-electron chi connectivity index (χ3n) is 6.11. The number of aromatic nitrogens is 2. The van der Waals surface area contributed by atoms with Gasteiger partial charge in [-0.15, -0.1) is 0 Å². The van der Waals surface area contributed by atoms with E-state index in [1.54, 1.807) is 27.3 Å². The number of nitrogens with zero attached hydrogens (tertiary/aromatic N) is 2. The highest BCUT2D eigenvalue weighted by molar-refractivity contribution is 5.89. The van der Waals surface area contributed by atoms with Gasteiger partial charge in [0.25, 0.3) is 5.88 Å². The molecule has 0 radical (unpaired) electrons. The molecule has 174 valence electrons. The minimum atomic E-state index is -0.606. The molecule has 0 fully saturated rings. The summed E-state index contributed by atoms with van der Waals surface area (Å²) in [6, 6.07) is 3.44. The van der Waals surface area contributed by atoms with Crippen LogP contribution in [0.4, 0.5) is 0 Å². The SMILES string of the molecule is CCOC(=O)c1cn2c(cc1=O)-c1nc(OC)c(OCCCOC)cc1CC2(CC)CC. The van der Waals surface area contributed by atoms with Crippen LogP contribution in [-0.2, 0) is 21.4 Å². The quantitative estimate of drug-likeness (QED) is 0.409. The lowest BCUT2D eigenvalue weighted by atomic mass is 9.80. The summed E-state index contributed by atoms with van der Waals surface area (Å²) in [6.07, 6.45) is 4.71. The van der Waals surface area contributed by atoms with Crippen molar-refractivity contribution in [2.45, 2.75) is 52.0 Å². The van der Waals surface area contributed by atoms with Crippen molar-refractivity contribution < 1.29 is 23.7 Å². The number of rotatable bonds is 10. The van der Waals surface area contributed by atoms with Crippen molar-refractivity contribution in [3.05, 3.63) is 39.7 Å². The van der Waals surface area contributed by atoms with E-state index >= 15 is 0 Å². The van der Waals surface area contributed by atoms with Crippen molar-refractivity contribution in [2.24, 2.45) is 0 Å². The fourth-order valence-electron chi connectivity index (χ4n) is 4.26. The first-order valence-corrected chi connectivity index (χ1v) is 11.1. The number of pyridine rings is 2. The largest absolute Gasteiger partial charge is 0.488 e. The fourth-order valence-corrected chi connectivity index (χ4v) is 4.26. The van der Waals surface area contributed by atoms with E-state index in [0.29, 0.717) is 42.7 Å². The first-order chi connectivity index (χ1) is 15.4. The van der Waals surface area contributed by atoms with Gasteiger partial charge in [0.05, 0.1) is 31.7 Å². The minimum Gasteiger partial charge on any atom is -0.488 e. The molecule has 0 atom stereocenters. The lowest BCUT2D eigenvalue weighted by molar-refractivity contribution is 0.0523. The summed E-state index contributed by atoms with van der Waals surface area (Å²) in [5.41, 5.74) is 1.66. The lowest BCUT2D eigenvalue weighted by Crippen LogP contribution is -2.40. The molecule has 32 heavy (non-hydrogen) atoms. The van der Waals surface area contributed by atoms with E-state index in [1.807, 2.05) is 10.6 Å². The summed E-state index contributed by atoms with van der Waals surface area (Å²) < 4.78 is 23.6. The van der Waals surface area contributed by atoms with Crippen LogP contribution >= 0.6 is 0 Å². The lowest BCUT2D eigenvalue weighted by Gasteiger charge is -2.41. The zero-order valence-corrected chi connectivity index (χ0v) is 19.5. The predicted octanol–water partition coefficient (Wildman–Crippen LogP) is 3.58. The maximum absolute atomic E-state index is 12.8. The van der Waals surface area contributed by atoms with E-state index in [0.717, 1.165) is 24.8 Å². The molecular formula is C24H32N2O6. The Morgan fingerprint density at radius 3 is 2.53 bits per heavy atom. The van der Waals surface area contributed by atoms with Crippen molar-refractivity contribution in [3.8, 4) is 23.0 Å². The van der Waals surface area contributed by atoms with Crippen LogP contribution in [0.1, 0.15) is 56.0 Å². The van der Waals surface area contributed by atoms with Crippen molar-refractivity contribution >= 4 is 5.97 Å². The first-order valence-electron chi connectivity index (χ1n) is 11.1. The van der Waals surface area contributed by atoms with Crippen LogP contribution in [0.25, 0.3) is 11.4 Å². The van der Waals surface area contributed by atoms with E-state index in [1.165, 1.54) is 6.07 Å². The summed E-state index contributed by atoms with van der Waals surface area (Å²) in [4.78, 5) is 29.9. The molecule has 1 aliphatic rings. The zero-order valence-electron chi connectivity index (χ0n) is 19.5. The number of esters is 1. The zero-order chi connectivity index (χ0) is 23.3. The molecule has 1 aliphatic heterocycles. The number of hydrogen-bond acceptors (Lipinski definition) is 7. The van der Waals surface area contributed by atoms with Crippen LogP contribution in [0.5, 0.6) is 11.6 Å². The summed E-state index contributed by atoms with van der Waals surface area (Å²) >= 11 is 0. The van der Waals surface area contributed by atoms with Gasteiger partial charge in [-0.2, -0.15) is 0 Å². The Morgan fingerprint density at radius 2 is 1.91 bits per heavy atom. The number of carbonyl (C=O) groups excluding carboxylic acids is 1. The Balaban J connectivity index is 2.15. The number of carbonyl (C=O) groups is 1. The van der Waals surface area contributed by atoms with Crippen LogP contribution in [0, 0.1) is 0 Å². The van der Waals surface area contributed by atoms with Gasteiger partial charge in [0.15, 0.2) is 11.2 Å². The first kappa shape index (κ1) is 23.8. The summed E-state index contributed by atoms with van der Waals surface area (Å²) in [7, 11) is 3.20. The van der Waals surface area contributed by atoms with Crippen LogP contribution < -0.4 is 14.9 Å². The van der Waals surface area contributed by atoms with Crippen LogP contribution in [0.2, 0.25) is 0 Å². The molecular weight excluding hydrogens is 412 g/mol. The average Bonchev–Trinajstić information content (AvgIpc) is 2.80. The van der Waals surface area contributed by atoms with Gasteiger partial charge in [-0.1, -0.05) is 13.8 Å². The molecule has 0 spiro atoms.